The summed E-state index contributed by atoms with van der Waals surface area (Å²) in [7, 11) is -3.63. The molecule has 0 amide bonds. The molecular weight excluding hydrogens is 145 g/mol. The van der Waals surface area contributed by atoms with E-state index in [4.69, 9.17) is 14.1 Å². The molecular formula is HNa3O3Si. The Morgan fingerprint density at radius 1 is 1.14 bits per heavy atom. The van der Waals surface area contributed by atoms with Crippen molar-refractivity contribution in [1.82, 2.24) is 0 Å². The first-order valence-corrected chi connectivity index (χ1v) is 1.84. The monoisotopic (exact) mass is 146 g/mol. The van der Waals surface area contributed by atoms with Gasteiger partial charge in [0.2, 0.25) is 0 Å². The van der Waals surface area contributed by atoms with Gasteiger partial charge < -0.3 is 15.5 Å². The van der Waals surface area contributed by atoms with Crippen LogP contribution in [0.4, 0.5) is 0 Å². The normalized spacial score (nSPS) is 3.43. The number of rotatable bonds is 0. The van der Waals surface area contributed by atoms with E-state index in [-0.39, 0.29) is 90.1 Å². The Labute approximate surface area is 111 Å². The molecule has 0 saturated heterocycles. The Morgan fingerprint density at radius 3 is 1.14 bits per heavy atom. The zero-order chi connectivity index (χ0) is 3.58. The molecule has 0 rings (SSSR count). The Bertz CT molecular complexity index is 37.5. The third-order valence-corrected chi connectivity index (χ3v) is 0. The van der Waals surface area contributed by atoms with E-state index in [9.17, 15) is 0 Å². The molecule has 0 radical (unpaired) electrons. The minimum Gasteiger partial charge on any atom is -1.00 e. The van der Waals surface area contributed by atoms with Crippen LogP contribution in [0, 0.1) is 0 Å². The van der Waals surface area contributed by atoms with E-state index in [1.54, 1.807) is 0 Å². The van der Waals surface area contributed by atoms with Crippen molar-refractivity contribution < 1.29 is 104 Å². The second-order valence-corrected chi connectivity index (χ2v) is 0.750. The summed E-state index contributed by atoms with van der Waals surface area (Å²) in [4.78, 5) is 17.0. The van der Waals surface area contributed by atoms with Gasteiger partial charge in [-0.1, -0.05) is 0 Å². The van der Waals surface area contributed by atoms with Gasteiger partial charge in [-0.15, -0.1) is 0 Å². The third-order valence-electron chi connectivity index (χ3n) is 0. The van der Waals surface area contributed by atoms with Crippen molar-refractivity contribution in [2.75, 3.05) is 0 Å². The standard InChI is InChI=1S/3Na.O3Si.H/c;;;1-4(2)3;/q3*+1;-2;-1. The molecule has 0 aromatic rings. The summed E-state index contributed by atoms with van der Waals surface area (Å²) in [6.07, 6.45) is 0. The molecule has 0 N–H and O–H groups in total. The number of hydrogen-bond acceptors (Lipinski definition) is 3. The summed E-state index contributed by atoms with van der Waals surface area (Å²) < 4.78 is 8.52. The van der Waals surface area contributed by atoms with Crippen LogP contribution in [0.1, 0.15) is 1.43 Å². The van der Waals surface area contributed by atoms with Gasteiger partial charge >= 0.3 is 88.7 Å². The van der Waals surface area contributed by atoms with Crippen LogP contribution in [0.3, 0.4) is 0 Å². The fourth-order valence-electron chi connectivity index (χ4n) is 0. The Morgan fingerprint density at radius 2 is 1.14 bits per heavy atom. The smallest absolute Gasteiger partial charge is 1.00 e. The first-order chi connectivity index (χ1) is 1.73. The molecule has 0 aliphatic heterocycles. The van der Waals surface area contributed by atoms with Crippen molar-refractivity contribution in [1.29, 1.82) is 0 Å². The van der Waals surface area contributed by atoms with Gasteiger partial charge in [-0.3, -0.25) is 0 Å². The van der Waals surface area contributed by atoms with Gasteiger partial charge in [0.15, 0.2) is 0 Å². The maximum atomic E-state index is 8.52. The molecule has 0 bridgehead atoms. The molecule has 0 aromatic carbocycles. The molecule has 7 heavy (non-hydrogen) atoms. The van der Waals surface area contributed by atoms with Gasteiger partial charge in [-0.25, -0.2) is 0 Å². The van der Waals surface area contributed by atoms with E-state index in [1.165, 1.54) is 0 Å². The van der Waals surface area contributed by atoms with Crippen LogP contribution in [0.5, 0.6) is 0 Å². The quantitative estimate of drug-likeness (QED) is 0.319. The van der Waals surface area contributed by atoms with Gasteiger partial charge in [0.25, 0.3) is 0 Å². The number of hydrogen-bond donors (Lipinski definition) is 0. The van der Waals surface area contributed by atoms with Gasteiger partial charge in [0, 0.05) is 9.17 Å². The van der Waals surface area contributed by atoms with Crippen LogP contribution in [0.15, 0.2) is 0 Å². The molecule has 0 fully saturated rings. The van der Waals surface area contributed by atoms with Crippen LogP contribution in [-0.4, -0.2) is 9.17 Å². The second kappa shape index (κ2) is 15.8. The zero-order valence-electron chi connectivity index (χ0n) is 5.72. The van der Waals surface area contributed by atoms with E-state index < -0.39 is 9.17 Å². The molecule has 0 atom stereocenters. The first kappa shape index (κ1) is 22.6. The molecule has 0 aliphatic rings. The summed E-state index contributed by atoms with van der Waals surface area (Å²) in [5.74, 6) is 0. The van der Waals surface area contributed by atoms with Crippen molar-refractivity contribution in [2.45, 2.75) is 0 Å². The van der Waals surface area contributed by atoms with Crippen molar-refractivity contribution in [2.24, 2.45) is 0 Å². The van der Waals surface area contributed by atoms with Crippen LogP contribution < -0.4 is 98.3 Å². The predicted octanol–water partition coefficient (Wildman–Crippen LogP) is -11.8. The predicted molar refractivity (Wildman–Crippen MR) is 7.55 cm³/mol. The van der Waals surface area contributed by atoms with E-state index in [2.05, 4.69) is 0 Å². The molecule has 7 heteroatoms. The first-order valence-electron chi connectivity index (χ1n) is 0.612. The molecule has 0 aromatic heterocycles. The summed E-state index contributed by atoms with van der Waals surface area (Å²) in [6.45, 7) is 0. The largest absolute Gasteiger partial charge is 1.00 e. The van der Waals surface area contributed by atoms with Gasteiger partial charge in [-0.2, -0.15) is 0 Å². The molecule has 0 spiro atoms. The average molecular weight is 146 g/mol. The van der Waals surface area contributed by atoms with E-state index in [0.717, 1.165) is 0 Å². The van der Waals surface area contributed by atoms with E-state index in [0.29, 0.717) is 0 Å². The zero-order valence-corrected chi connectivity index (χ0v) is 11.7. The summed E-state index contributed by atoms with van der Waals surface area (Å²) in [6, 6.07) is 0. The van der Waals surface area contributed by atoms with Crippen molar-refractivity contribution in [3.63, 3.8) is 0 Å². The van der Waals surface area contributed by atoms with Gasteiger partial charge in [0.05, 0.1) is 0 Å². The molecule has 0 saturated carbocycles. The Hall–Kier alpha value is 2.62. The third kappa shape index (κ3) is 55.1. The summed E-state index contributed by atoms with van der Waals surface area (Å²) >= 11 is 0. The van der Waals surface area contributed by atoms with Gasteiger partial charge in [-0.05, 0) is 0 Å². The average Bonchev–Trinajstić information content (AvgIpc) is 0.811. The minimum absolute atomic E-state index is 0. The Balaban J connectivity index is -0.00000000750. The maximum Gasteiger partial charge on any atom is 1.00 e. The van der Waals surface area contributed by atoms with Gasteiger partial charge in [0.1, 0.15) is 0 Å². The molecule has 26 valence electrons. The summed E-state index contributed by atoms with van der Waals surface area (Å²) in [5.41, 5.74) is 0. The molecule has 0 aliphatic carbocycles. The summed E-state index contributed by atoms with van der Waals surface area (Å²) in [5, 5.41) is 0. The fourth-order valence-corrected chi connectivity index (χ4v) is 0. The molecule has 0 unspecified atom stereocenters. The van der Waals surface area contributed by atoms with Crippen molar-refractivity contribution >= 4 is 9.17 Å². The minimum atomic E-state index is -3.63. The Kier molecular flexibility index (Phi) is 51.2. The van der Waals surface area contributed by atoms with E-state index >= 15 is 0 Å². The van der Waals surface area contributed by atoms with Crippen molar-refractivity contribution in [3.8, 4) is 0 Å². The topological polar surface area (TPSA) is 63.2 Å². The van der Waals surface area contributed by atoms with Crippen molar-refractivity contribution in [3.05, 3.63) is 0 Å². The SMILES string of the molecule is O=[Si]([O-])[O-].[H-].[Na+].[Na+].[Na+]. The fraction of sp³-hybridized carbons (Fsp3) is 0. The maximum absolute atomic E-state index is 8.52. The van der Waals surface area contributed by atoms with Crippen LogP contribution in [0.25, 0.3) is 0 Å². The van der Waals surface area contributed by atoms with Crippen LogP contribution in [-0.2, 0) is 4.46 Å². The molecule has 3 nitrogen and oxygen atoms in total. The van der Waals surface area contributed by atoms with Crippen LogP contribution in [0.2, 0.25) is 0 Å². The van der Waals surface area contributed by atoms with Crippen LogP contribution >= 0.6 is 0 Å². The van der Waals surface area contributed by atoms with E-state index in [1.807, 2.05) is 0 Å². The second-order valence-electron chi connectivity index (χ2n) is 0.250. The molecule has 0 heterocycles.